The molecule has 2 amide bonds. The number of hydrogen-bond acceptors (Lipinski definition) is 3. The van der Waals surface area contributed by atoms with Gasteiger partial charge in [0.2, 0.25) is 0 Å². The highest BCUT2D eigenvalue weighted by Gasteiger charge is 2.34. The van der Waals surface area contributed by atoms with Gasteiger partial charge in [-0.25, -0.2) is 14.5 Å². The molecule has 6 heteroatoms. The van der Waals surface area contributed by atoms with Gasteiger partial charge in [-0.3, -0.25) is 0 Å². The van der Waals surface area contributed by atoms with Crippen molar-refractivity contribution in [3.63, 3.8) is 0 Å². The molecule has 0 aliphatic carbocycles. The average Bonchev–Trinajstić information content (AvgIpc) is 3.19. The van der Waals surface area contributed by atoms with Crippen molar-refractivity contribution in [2.24, 2.45) is 0 Å². The van der Waals surface area contributed by atoms with E-state index >= 15 is 0 Å². The number of carbonyl (C=O) groups is 1. The van der Waals surface area contributed by atoms with Crippen molar-refractivity contribution < 1.29 is 4.79 Å². The third kappa shape index (κ3) is 3.67. The molecule has 1 aliphatic heterocycles. The second kappa shape index (κ2) is 6.86. The van der Waals surface area contributed by atoms with Crippen molar-refractivity contribution >= 4 is 6.03 Å². The number of carbonyl (C=O) groups excluding carboxylic acids is 1. The first-order chi connectivity index (χ1) is 11.9. The largest absolute Gasteiger partial charge is 0.331 e. The van der Waals surface area contributed by atoms with Crippen LogP contribution in [0.15, 0.2) is 36.7 Å². The molecule has 0 bridgehead atoms. The first-order valence-corrected chi connectivity index (χ1v) is 8.86. The number of nitrogens with one attached hydrogen (secondary N) is 1. The Hall–Kier alpha value is -2.37. The van der Waals surface area contributed by atoms with E-state index in [2.05, 4.69) is 67.4 Å². The molecule has 6 nitrogen and oxygen atoms in total. The van der Waals surface area contributed by atoms with Crippen LogP contribution in [0.25, 0.3) is 0 Å². The molecule has 1 aromatic carbocycles. The van der Waals surface area contributed by atoms with E-state index in [1.165, 1.54) is 11.9 Å². The van der Waals surface area contributed by atoms with Crippen LogP contribution in [0.4, 0.5) is 4.79 Å². The lowest BCUT2D eigenvalue weighted by atomic mass is 9.93. The summed E-state index contributed by atoms with van der Waals surface area (Å²) < 4.78 is 1.85. The highest BCUT2D eigenvalue weighted by molar-refractivity contribution is 5.75. The Morgan fingerprint density at radius 3 is 2.68 bits per heavy atom. The molecule has 25 heavy (non-hydrogen) atoms. The molecule has 2 unspecified atom stereocenters. The molecule has 2 aromatic rings. The monoisotopic (exact) mass is 341 g/mol. The van der Waals surface area contributed by atoms with Gasteiger partial charge in [0.05, 0.1) is 12.1 Å². The zero-order chi connectivity index (χ0) is 18.0. The smallest absolute Gasteiger partial charge is 0.318 e. The minimum atomic E-state index is -0.157. The summed E-state index contributed by atoms with van der Waals surface area (Å²) in [5, 5.41) is 7.28. The Kier molecular flexibility index (Phi) is 4.79. The number of benzene rings is 1. The van der Waals surface area contributed by atoms with E-state index in [0.29, 0.717) is 12.5 Å². The molecule has 3 rings (SSSR count). The average molecular weight is 341 g/mol. The summed E-state index contributed by atoms with van der Waals surface area (Å²) in [6, 6.07) is 10.6. The number of likely N-dealkylation sites (tertiary alicyclic amines) is 1. The van der Waals surface area contributed by atoms with Crippen LogP contribution in [0, 0.1) is 0 Å². The molecule has 1 aromatic heterocycles. The van der Waals surface area contributed by atoms with Crippen LogP contribution in [-0.4, -0.2) is 38.3 Å². The fourth-order valence-corrected chi connectivity index (χ4v) is 3.57. The normalized spacial score (nSPS) is 20.7. The van der Waals surface area contributed by atoms with E-state index in [9.17, 15) is 4.79 Å². The maximum atomic E-state index is 12.6. The number of aromatic nitrogens is 3. The summed E-state index contributed by atoms with van der Waals surface area (Å²) >= 11 is 0. The quantitative estimate of drug-likeness (QED) is 0.933. The predicted molar refractivity (Wildman–Crippen MR) is 97.2 cm³/mol. The summed E-state index contributed by atoms with van der Waals surface area (Å²) in [5.41, 5.74) is 1.15. The summed E-state index contributed by atoms with van der Waals surface area (Å²) in [6.07, 6.45) is 2.54. The maximum absolute atomic E-state index is 12.6. The van der Waals surface area contributed by atoms with Crippen LogP contribution in [0.5, 0.6) is 0 Å². The predicted octanol–water partition coefficient (Wildman–Crippen LogP) is 3.12. The van der Waals surface area contributed by atoms with Crippen LogP contribution in [0.2, 0.25) is 0 Å². The molecule has 134 valence electrons. The molecule has 0 saturated carbocycles. The van der Waals surface area contributed by atoms with E-state index in [0.717, 1.165) is 18.8 Å². The Morgan fingerprint density at radius 2 is 2.00 bits per heavy atom. The van der Waals surface area contributed by atoms with Gasteiger partial charge in [-0.1, -0.05) is 30.3 Å². The van der Waals surface area contributed by atoms with Crippen molar-refractivity contribution in [1.29, 1.82) is 0 Å². The molecule has 1 fully saturated rings. The molecular formula is C19H27N5O. The molecule has 2 atom stereocenters. The van der Waals surface area contributed by atoms with Crippen LogP contribution in [0.1, 0.15) is 51.4 Å². The Balaban J connectivity index is 1.62. The van der Waals surface area contributed by atoms with Gasteiger partial charge in [0.1, 0.15) is 12.2 Å². The van der Waals surface area contributed by atoms with Gasteiger partial charge in [-0.2, -0.15) is 5.10 Å². The fraction of sp³-hybridized carbons (Fsp3) is 0.526. The Bertz CT molecular complexity index is 719. The third-order valence-electron chi connectivity index (χ3n) is 4.90. The highest BCUT2D eigenvalue weighted by atomic mass is 16.2. The molecule has 1 saturated heterocycles. The van der Waals surface area contributed by atoms with Gasteiger partial charge < -0.3 is 10.2 Å². The van der Waals surface area contributed by atoms with Crippen LogP contribution >= 0.6 is 0 Å². The zero-order valence-corrected chi connectivity index (χ0v) is 15.4. The summed E-state index contributed by atoms with van der Waals surface area (Å²) in [6.45, 7) is 9.50. The second-order valence-corrected chi connectivity index (χ2v) is 7.66. The number of hydrogen-bond donors (Lipinski definition) is 1. The first kappa shape index (κ1) is 17.5. The van der Waals surface area contributed by atoms with E-state index in [1.54, 1.807) is 0 Å². The van der Waals surface area contributed by atoms with Crippen molar-refractivity contribution in [2.45, 2.75) is 58.2 Å². The molecule has 0 spiro atoms. The summed E-state index contributed by atoms with van der Waals surface area (Å²) in [7, 11) is 0. The highest BCUT2D eigenvalue weighted by Crippen LogP contribution is 2.33. The van der Waals surface area contributed by atoms with E-state index in [4.69, 9.17) is 0 Å². The van der Waals surface area contributed by atoms with Gasteiger partial charge in [-0.15, -0.1) is 0 Å². The van der Waals surface area contributed by atoms with Crippen molar-refractivity contribution in [2.75, 3.05) is 6.54 Å². The molecule has 2 heterocycles. The number of urea groups is 1. The molecular weight excluding hydrogens is 314 g/mol. The molecule has 1 N–H and O–H groups in total. The topological polar surface area (TPSA) is 63.1 Å². The van der Waals surface area contributed by atoms with Gasteiger partial charge in [0, 0.05) is 18.5 Å². The SMILES string of the molecule is CC1C(c2ccccc2)CCN1C(=O)NCc1ncnn1C(C)(C)C. The van der Waals surface area contributed by atoms with Crippen molar-refractivity contribution in [3.05, 3.63) is 48.0 Å². The lowest BCUT2D eigenvalue weighted by Crippen LogP contribution is -2.43. The Morgan fingerprint density at radius 1 is 1.28 bits per heavy atom. The van der Waals surface area contributed by atoms with E-state index in [1.807, 2.05) is 15.6 Å². The van der Waals surface area contributed by atoms with Gasteiger partial charge in [0.15, 0.2) is 0 Å². The van der Waals surface area contributed by atoms with Gasteiger partial charge in [0.25, 0.3) is 0 Å². The summed E-state index contributed by atoms with van der Waals surface area (Å²) in [5.74, 6) is 1.16. The number of rotatable bonds is 3. The van der Waals surface area contributed by atoms with Crippen molar-refractivity contribution in [1.82, 2.24) is 25.0 Å². The minimum Gasteiger partial charge on any atom is -0.331 e. The standard InChI is InChI=1S/C19H27N5O/c1-14-16(15-8-6-5-7-9-15)10-11-23(14)18(25)20-12-17-21-13-22-24(17)19(2,3)4/h5-9,13-14,16H,10-12H2,1-4H3,(H,20,25). The van der Waals surface area contributed by atoms with E-state index < -0.39 is 0 Å². The molecule has 0 radical (unpaired) electrons. The van der Waals surface area contributed by atoms with Crippen LogP contribution < -0.4 is 5.32 Å². The molecule has 1 aliphatic rings. The number of amides is 2. The van der Waals surface area contributed by atoms with Gasteiger partial charge >= 0.3 is 6.03 Å². The lowest BCUT2D eigenvalue weighted by molar-refractivity contribution is 0.193. The third-order valence-corrected chi connectivity index (χ3v) is 4.90. The maximum Gasteiger partial charge on any atom is 0.318 e. The van der Waals surface area contributed by atoms with Crippen LogP contribution in [0.3, 0.4) is 0 Å². The minimum absolute atomic E-state index is 0.0330. The summed E-state index contributed by atoms with van der Waals surface area (Å²) in [4.78, 5) is 18.9. The number of nitrogens with zero attached hydrogens (tertiary/aromatic N) is 4. The zero-order valence-electron chi connectivity index (χ0n) is 15.4. The van der Waals surface area contributed by atoms with Crippen molar-refractivity contribution in [3.8, 4) is 0 Å². The Labute approximate surface area is 149 Å². The first-order valence-electron chi connectivity index (χ1n) is 8.86. The van der Waals surface area contributed by atoms with Crippen LogP contribution in [-0.2, 0) is 12.1 Å². The van der Waals surface area contributed by atoms with E-state index in [-0.39, 0.29) is 17.6 Å². The van der Waals surface area contributed by atoms with Gasteiger partial charge in [-0.05, 0) is 39.7 Å². The second-order valence-electron chi connectivity index (χ2n) is 7.66. The fourth-order valence-electron chi connectivity index (χ4n) is 3.57. The lowest BCUT2D eigenvalue weighted by Gasteiger charge is -2.26.